The Labute approximate surface area is 144 Å². The Morgan fingerprint density at radius 2 is 2.04 bits per heavy atom. The molecule has 0 aliphatic carbocycles. The van der Waals surface area contributed by atoms with Crippen LogP contribution in [-0.2, 0) is 10.4 Å². The molecular weight excluding hydrogens is 329 g/mol. The number of rotatable bonds is 6. The van der Waals surface area contributed by atoms with Crippen molar-refractivity contribution in [3.05, 3.63) is 53.8 Å². The highest BCUT2D eigenvalue weighted by atomic mass is 19.1. The lowest BCUT2D eigenvalue weighted by atomic mass is 9.95. The summed E-state index contributed by atoms with van der Waals surface area (Å²) in [6.07, 6.45) is 0. The lowest BCUT2D eigenvalue weighted by Gasteiger charge is -2.24. The summed E-state index contributed by atoms with van der Waals surface area (Å²) >= 11 is 0. The van der Waals surface area contributed by atoms with Crippen molar-refractivity contribution >= 4 is 5.91 Å². The summed E-state index contributed by atoms with van der Waals surface area (Å²) in [4.78, 5) is 11.9. The smallest absolute Gasteiger partial charge is 0.258 e. The molecule has 25 heavy (non-hydrogen) atoms. The van der Waals surface area contributed by atoms with Gasteiger partial charge in [-0.25, -0.2) is 4.39 Å². The van der Waals surface area contributed by atoms with Gasteiger partial charge >= 0.3 is 0 Å². The van der Waals surface area contributed by atoms with Gasteiger partial charge in [-0.2, -0.15) is 0 Å². The molecule has 0 aromatic heterocycles. The zero-order chi connectivity index (χ0) is 17.9. The normalized spacial score (nSPS) is 14.7. The molecule has 0 saturated carbocycles. The number of amides is 1. The molecular formula is C18H18FNO5. The molecule has 2 N–H and O–H groups in total. The van der Waals surface area contributed by atoms with Crippen molar-refractivity contribution in [1.82, 2.24) is 5.32 Å². The highest BCUT2D eigenvalue weighted by molar-refractivity contribution is 5.77. The van der Waals surface area contributed by atoms with Gasteiger partial charge in [-0.15, -0.1) is 0 Å². The third-order valence-electron chi connectivity index (χ3n) is 3.82. The minimum atomic E-state index is -1.31. The summed E-state index contributed by atoms with van der Waals surface area (Å²) < 4.78 is 29.1. The number of fused-ring (bicyclic) bond motifs is 1. The van der Waals surface area contributed by atoms with Crippen molar-refractivity contribution in [2.75, 3.05) is 19.9 Å². The second-order valence-corrected chi connectivity index (χ2v) is 5.84. The Morgan fingerprint density at radius 1 is 1.28 bits per heavy atom. The van der Waals surface area contributed by atoms with E-state index >= 15 is 0 Å². The van der Waals surface area contributed by atoms with Crippen molar-refractivity contribution in [2.45, 2.75) is 12.5 Å². The topological polar surface area (TPSA) is 77.0 Å². The Balaban J connectivity index is 1.54. The van der Waals surface area contributed by atoms with E-state index in [4.69, 9.17) is 14.2 Å². The molecule has 132 valence electrons. The van der Waals surface area contributed by atoms with Crippen LogP contribution in [-0.4, -0.2) is 31.0 Å². The van der Waals surface area contributed by atoms with Crippen molar-refractivity contribution in [3.8, 4) is 17.2 Å². The van der Waals surface area contributed by atoms with Gasteiger partial charge in [-0.05, 0) is 36.8 Å². The van der Waals surface area contributed by atoms with Gasteiger partial charge in [-0.1, -0.05) is 18.2 Å². The maximum Gasteiger partial charge on any atom is 0.258 e. The summed E-state index contributed by atoms with van der Waals surface area (Å²) in [6, 6.07) is 10.9. The van der Waals surface area contributed by atoms with Crippen LogP contribution in [0.4, 0.5) is 4.39 Å². The largest absolute Gasteiger partial charge is 0.481 e. The third-order valence-corrected chi connectivity index (χ3v) is 3.82. The lowest BCUT2D eigenvalue weighted by molar-refractivity contribution is -0.124. The Morgan fingerprint density at radius 3 is 2.84 bits per heavy atom. The van der Waals surface area contributed by atoms with Gasteiger partial charge in [0.05, 0.1) is 6.54 Å². The maximum atomic E-state index is 13.4. The number of benzene rings is 2. The number of nitrogens with one attached hydrogen (secondary N) is 1. The summed E-state index contributed by atoms with van der Waals surface area (Å²) in [5.41, 5.74) is -0.735. The fourth-order valence-corrected chi connectivity index (χ4v) is 2.36. The van der Waals surface area contributed by atoms with Crippen molar-refractivity contribution in [3.63, 3.8) is 0 Å². The number of carbonyl (C=O) groups is 1. The molecule has 1 aliphatic heterocycles. The number of hydrogen-bond donors (Lipinski definition) is 2. The first-order valence-corrected chi connectivity index (χ1v) is 7.72. The molecule has 6 nitrogen and oxygen atoms in total. The third kappa shape index (κ3) is 4.00. The van der Waals surface area contributed by atoms with Gasteiger partial charge in [0.25, 0.3) is 5.91 Å². The van der Waals surface area contributed by atoms with E-state index in [-0.39, 0.29) is 25.7 Å². The minimum absolute atomic E-state index is 0.000168. The molecule has 0 saturated heterocycles. The Hall–Kier alpha value is -2.80. The number of ether oxygens (including phenoxy) is 3. The molecule has 1 amide bonds. The van der Waals surface area contributed by atoms with Gasteiger partial charge < -0.3 is 24.6 Å². The highest BCUT2D eigenvalue weighted by Crippen LogP contribution is 2.35. The van der Waals surface area contributed by atoms with E-state index in [0.29, 0.717) is 17.1 Å². The van der Waals surface area contributed by atoms with Crippen LogP contribution in [0.25, 0.3) is 0 Å². The van der Waals surface area contributed by atoms with Crippen LogP contribution in [0.5, 0.6) is 17.2 Å². The SMILES string of the molecule is CC(O)(CNC(=O)COc1ccccc1F)c1ccc2c(c1)OCO2. The molecule has 1 heterocycles. The first-order valence-electron chi connectivity index (χ1n) is 7.72. The number of halogens is 1. The molecule has 1 aliphatic rings. The zero-order valence-corrected chi connectivity index (χ0v) is 13.6. The molecule has 1 atom stereocenters. The molecule has 2 aromatic carbocycles. The van der Waals surface area contributed by atoms with E-state index in [1.807, 2.05) is 0 Å². The molecule has 0 spiro atoms. The van der Waals surface area contributed by atoms with Crippen molar-refractivity contribution < 1.29 is 28.5 Å². The second kappa shape index (κ2) is 6.98. The summed E-state index contributed by atoms with van der Waals surface area (Å²) in [6.45, 7) is 1.33. The van der Waals surface area contributed by atoms with E-state index in [2.05, 4.69) is 5.32 Å². The van der Waals surface area contributed by atoms with Crippen LogP contribution in [0.15, 0.2) is 42.5 Å². The Kier molecular flexibility index (Phi) is 4.76. The van der Waals surface area contributed by atoms with Gasteiger partial charge in [0.15, 0.2) is 29.7 Å². The van der Waals surface area contributed by atoms with Gasteiger partial charge in [-0.3, -0.25) is 4.79 Å². The van der Waals surface area contributed by atoms with E-state index in [9.17, 15) is 14.3 Å². The van der Waals surface area contributed by atoms with Crippen molar-refractivity contribution in [2.24, 2.45) is 0 Å². The molecule has 2 aromatic rings. The molecule has 7 heteroatoms. The lowest BCUT2D eigenvalue weighted by Crippen LogP contribution is -2.40. The zero-order valence-electron chi connectivity index (χ0n) is 13.6. The number of hydrogen-bond acceptors (Lipinski definition) is 5. The van der Waals surface area contributed by atoms with Crippen LogP contribution in [0.1, 0.15) is 12.5 Å². The first-order chi connectivity index (χ1) is 12.0. The summed E-state index contributed by atoms with van der Waals surface area (Å²) in [5, 5.41) is 13.2. The minimum Gasteiger partial charge on any atom is -0.481 e. The average Bonchev–Trinajstić information content (AvgIpc) is 3.07. The Bertz CT molecular complexity index is 778. The molecule has 0 bridgehead atoms. The summed E-state index contributed by atoms with van der Waals surface area (Å²) in [5.74, 6) is 0.154. The molecule has 1 unspecified atom stereocenters. The quantitative estimate of drug-likeness (QED) is 0.835. The predicted octanol–water partition coefficient (Wildman–Crippen LogP) is 1.96. The van der Waals surface area contributed by atoms with E-state index in [1.165, 1.54) is 18.2 Å². The standard InChI is InChI=1S/C18H18FNO5/c1-18(22,12-6-7-15-16(8-12)25-11-24-15)10-20-17(21)9-23-14-5-3-2-4-13(14)19/h2-8,22H,9-11H2,1H3,(H,20,21). The highest BCUT2D eigenvalue weighted by Gasteiger charge is 2.26. The maximum absolute atomic E-state index is 13.4. The van der Waals surface area contributed by atoms with Crippen LogP contribution >= 0.6 is 0 Å². The number of aliphatic hydroxyl groups is 1. The molecule has 3 rings (SSSR count). The molecule has 0 fully saturated rings. The van der Waals surface area contributed by atoms with Crippen LogP contribution in [0, 0.1) is 5.82 Å². The predicted molar refractivity (Wildman–Crippen MR) is 87.0 cm³/mol. The number of para-hydroxylation sites is 1. The van der Waals surface area contributed by atoms with Gasteiger partial charge in [0.1, 0.15) is 5.60 Å². The first kappa shape index (κ1) is 17.0. The van der Waals surface area contributed by atoms with Gasteiger partial charge in [0.2, 0.25) is 6.79 Å². The average molecular weight is 347 g/mol. The van der Waals surface area contributed by atoms with Crippen LogP contribution in [0.3, 0.4) is 0 Å². The van der Waals surface area contributed by atoms with E-state index in [1.54, 1.807) is 31.2 Å². The van der Waals surface area contributed by atoms with E-state index < -0.39 is 17.3 Å². The van der Waals surface area contributed by atoms with Crippen LogP contribution < -0.4 is 19.5 Å². The van der Waals surface area contributed by atoms with Crippen molar-refractivity contribution in [1.29, 1.82) is 0 Å². The fraction of sp³-hybridized carbons (Fsp3) is 0.278. The van der Waals surface area contributed by atoms with Crippen LogP contribution in [0.2, 0.25) is 0 Å². The van der Waals surface area contributed by atoms with Gasteiger partial charge in [0, 0.05) is 0 Å². The van der Waals surface area contributed by atoms with E-state index in [0.717, 1.165) is 0 Å². The molecule has 0 radical (unpaired) electrons. The number of carbonyl (C=O) groups excluding carboxylic acids is 1. The fourth-order valence-electron chi connectivity index (χ4n) is 2.36. The monoisotopic (exact) mass is 347 g/mol. The summed E-state index contributed by atoms with van der Waals surface area (Å²) in [7, 11) is 0. The second-order valence-electron chi connectivity index (χ2n) is 5.84.